The Morgan fingerprint density at radius 3 is 2.63 bits per heavy atom. The number of benzene rings is 2. The number of para-hydroxylation sites is 1. The van der Waals surface area contributed by atoms with Crippen LogP contribution in [0.3, 0.4) is 0 Å². The van der Waals surface area contributed by atoms with Gasteiger partial charge in [-0.1, -0.05) is 66.7 Å². The van der Waals surface area contributed by atoms with E-state index in [0.717, 1.165) is 5.82 Å². The lowest BCUT2D eigenvalue weighted by molar-refractivity contribution is -0.115. The van der Waals surface area contributed by atoms with Crippen molar-refractivity contribution in [3.63, 3.8) is 0 Å². The summed E-state index contributed by atoms with van der Waals surface area (Å²) in [6.07, 6.45) is 2.46. The van der Waals surface area contributed by atoms with Crippen molar-refractivity contribution in [3.05, 3.63) is 78.1 Å². The lowest BCUT2D eigenvalue weighted by Crippen LogP contribution is -2.25. The van der Waals surface area contributed by atoms with Gasteiger partial charge in [0, 0.05) is 11.4 Å². The molecule has 30 heavy (non-hydrogen) atoms. The standard InChI is InChI=1S/C22H23ClN4OS2/c1-3-14-27-20(15-29-16-10-6-5-7-11-16)25-26-22(27)30-19(4-2)21(28)24-18-13-9-8-12-17(18)23/h3,5-13,19H,1,4,14-15H2,2H3,(H,24,28). The second-order valence-electron chi connectivity index (χ2n) is 6.38. The Hall–Kier alpha value is -2.22. The van der Waals surface area contributed by atoms with Gasteiger partial charge in [0.25, 0.3) is 0 Å². The maximum absolute atomic E-state index is 12.8. The van der Waals surface area contributed by atoms with Crippen LogP contribution in [-0.2, 0) is 17.1 Å². The van der Waals surface area contributed by atoms with Gasteiger partial charge in [-0.25, -0.2) is 0 Å². The minimum atomic E-state index is -0.316. The molecule has 2 aromatic carbocycles. The van der Waals surface area contributed by atoms with Crippen molar-refractivity contribution in [2.75, 3.05) is 5.32 Å². The Balaban J connectivity index is 1.72. The normalized spacial score (nSPS) is 11.8. The van der Waals surface area contributed by atoms with Crippen LogP contribution in [0.5, 0.6) is 0 Å². The molecule has 0 aliphatic heterocycles. The number of nitrogens with zero attached hydrogens (tertiary/aromatic N) is 3. The minimum absolute atomic E-state index is 0.107. The van der Waals surface area contributed by atoms with Crippen LogP contribution >= 0.6 is 35.1 Å². The molecular weight excluding hydrogens is 436 g/mol. The first-order valence-corrected chi connectivity index (χ1v) is 11.8. The summed E-state index contributed by atoms with van der Waals surface area (Å²) in [6.45, 7) is 6.41. The number of rotatable bonds is 10. The largest absolute Gasteiger partial charge is 0.324 e. The molecule has 0 saturated heterocycles. The molecule has 156 valence electrons. The quantitative estimate of drug-likeness (QED) is 0.302. The van der Waals surface area contributed by atoms with Crippen molar-refractivity contribution >= 4 is 46.7 Å². The molecule has 0 aliphatic carbocycles. The highest BCUT2D eigenvalue weighted by atomic mass is 35.5. The lowest BCUT2D eigenvalue weighted by atomic mass is 10.2. The highest BCUT2D eigenvalue weighted by Gasteiger charge is 2.23. The van der Waals surface area contributed by atoms with Crippen LogP contribution in [0.2, 0.25) is 5.02 Å². The highest BCUT2D eigenvalue weighted by Crippen LogP contribution is 2.29. The van der Waals surface area contributed by atoms with Gasteiger partial charge in [-0.15, -0.1) is 28.5 Å². The van der Waals surface area contributed by atoms with E-state index in [1.807, 2.05) is 47.9 Å². The second-order valence-corrected chi connectivity index (χ2v) is 9.01. The SMILES string of the molecule is C=CCn1c(CSc2ccccc2)nnc1SC(CC)C(=O)Nc1ccccc1Cl. The number of carbonyl (C=O) groups excluding carboxylic acids is 1. The fourth-order valence-corrected chi connectivity index (χ4v) is 4.74. The summed E-state index contributed by atoms with van der Waals surface area (Å²) in [4.78, 5) is 14.0. The Labute approximate surface area is 190 Å². The van der Waals surface area contributed by atoms with E-state index < -0.39 is 0 Å². The molecule has 5 nitrogen and oxygen atoms in total. The molecule has 1 heterocycles. The van der Waals surface area contributed by atoms with Gasteiger partial charge < -0.3 is 9.88 Å². The predicted molar refractivity (Wildman–Crippen MR) is 126 cm³/mol. The van der Waals surface area contributed by atoms with Crippen molar-refractivity contribution in [1.82, 2.24) is 14.8 Å². The molecule has 1 N–H and O–H groups in total. The number of nitrogens with one attached hydrogen (secondary N) is 1. The molecule has 0 radical (unpaired) electrons. The molecule has 0 saturated carbocycles. The highest BCUT2D eigenvalue weighted by molar-refractivity contribution is 8.00. The molecule has 1 unspecified atom stereocenters. The van der Waals surface area contributed by atoms with Crippen LogP contribution in [0.15, 0.2) is 77.3 Å². The summed E-state index contributed by atoms with van der Waals surface area (Å²) < 4.78 is 2.01. The summed E-state index contributed by atoms with van der Waals surface area (Å²) in [5.74, 6) is 1.44. The summed E-state index contributed by atoms with van der Waals surface area (Å²) in [5.41, 5.74) is 0.607. The zero-order valence-corrected chi connectivity index (χ0v) is 19.0. The Morgan fingerprint density at radius 1 is 1.20 bits per heavy atom. The topological polar surface area (TPSA) is 59.8 Å². The number of halogens is 1. The smallest absolute Gasteiger partial charge is 0.238 e. The molecule has 3 rings (SSSR count). The molecule has 0 fully saturated rings. The lowest BCUT2D eigenvalue weighted by Gasteiger charge is -2.15. The molecule has 1 atom stereocenters. The molecular formula is C22H23ClN4OS2. The minimum Gasteiger partial charge on any atom is -0.324 e. The summed E-state index contributed by atoms with van der Waals surface area (Å²) >= 11 is 9.28. The van der Waals surface area contributed by atoms with Crippen molar-refractivity contribution in [2.24, 2.45) is 0 Å². The van der Waals surface area contributed by atoms with E-state index in [1.54, 1.807) is 23.9 Å². The van der Waals surface area contributed by atoms with Gasteiger partial charge in [0.05, 0.1) is 21.7 Å². The molecule has 0 spiro atoms. The molecule has 0 aliphatic rings. The van der Waals surface area contributed by atoms with Gasteiger partial charge in [0.1, 0.15) is 5.82 Å². The fraction of sp³-hybridized carbons (Fsp3) is 0.227. The molecule has 8 heteroatoms. The first-order valence-electron chi connectivity index (χ1n) is 9.55. The average molecular weight is 459 g/mol. The summed E-state index contributed by atoms with van der Waals surface area (Å²) in [5, 5.41) is 12.5. The first-order chi connectivity index (χ1) is 14.6. The summed E-state index contributed by atoms with van der Waals surface area (Å²) in [6, 6.07) is 17.4. The number of aromatic nitrogens is 3. The maximum atomic E-state index is 12.8. The molecule has 1 aromatic heterocycles. The van der Waals surface area contributed by atoms with E-state index in [-0.39, 0.29) is 11.2 Å². The number of hydrogen-bond donors (Lipinski definition) is 1. The number of amides is 1. The first kappa shape index (κ1) is 22.5. The van der Waals surface area contributed by atoms with Crippen LogP contribution in [-0.4, -0.2) is 25.9 Å². The van der Waals surface area contributed by atoms with E-state index in [2.05, 4.69) is 34.2 Å². The fourth-order valence-electron chi connectivity index (χ4n) is 2.72. The predicted octanol–water partition coefficient (Wildman–Crippen LogP) is 5.92. The third kappa shape index (κ3) is 5.90. The van der Waals surface area contributed by atoms with E-state index in [1.165, 1.54) is 16.7 Å². The third-order valence-corrected chi connectivity index (χ3v) is 6.94. The second kappa shape index (κ2) is 11.2. The molecule has 1 amide bonds. The number of carbonyl (C=O) groups is 1. The van der Waals surface area contributed by atoms with Crippen molar-refractivity contribution in [1.29, 1.82) is 0 Å². The molecule has 0 bridgehead atoms. The Morgan fingerprint density at radius 2 is 1.93 bits per heavy atom. The van der Waals surface area contributed by atoms with Crippen LogP contribution in [0, 0.1) is 0 Å². The van der Waals surface area contributed by atoms with Gasteiger partial charge in [0.2, 0.25) is 5.91 Å². The van der Waals surface area contributed by atoms with Crippen LogP contribution in [0.4, 0.5) is 5.69 Å². The van der Waals surface area contributed by atoms with E-state index in [9.17, 15) is 4.79 Å². The maximum Gasteiger partial charge on any atom is 0.238 e. The van der Waals surface area contributed by atoms with E-state index >= 15 is 0 Å². The van der Waals surface area contributed by atoms with E-state index in [4.69, 9.17) is 11.6 Å². The van der Waals surface area contributed by atoms with Gasteiger partial charge in [-0.2, -0.15) is 0 Å². The van der Waals surface area contributed by atoms with Crippen molar-refractivity contribution in [3.8, 4) is 0 Å². The van der Waals surface area contributed by atoms with Gasteiger partial charge >= 0.3 is 0 Å². The number of hydrogen-bond acceptors (Lipinski definition) is 5. The zero-order chi connectivity index (χ0) is 21.3. The number of anilines is 1. The molecule has 3 aromatic rings. The third-order valence-electron chi connectivity index (χ3n) is 4.26. The van der Waals surface area contributed by atoms with Crippen LogP contribution in [0.1, 0.15) is 19.2 Å². The van der Waals surface area contributed by atoms with Gasteiger partial charge in [0.15, 0.2) is 5.16 Å². The Bertz CT molecular complexity index is 994. The van der Waals surface area contributed by atoms with Crippen molar-refractivity contribution < 1.29 is 4.79 Å². The zero-order valence-electron chi connectivity index (χ0n) is 16.6. The van der Waals surface area contributed by atoms with Crippen LogP contribution < -0.4 is 5.32 Å². The average Bonchev–Trinajstić information content (AvgIpc) is 3.14. The number of thioether (sulfide) groups is 2. The van der Waals surface area contributed by atoms with E-state index in [0.29, 0.717) is 34.6 Å². The van der Waals surface area contributed by atoms with Crippen molar-refractivity contribution in [2.45, 2.75) is 40.9 Å². The number of allylic oxidation sites excluding steroid dienone is 1. The van der Waals surface area contributed by atoms with Crippen LogP contribution in [0.25, 0.3) is 0 Å². The monoisotopic (exact) mass is 458 g/mol. The summed E-state index contributed by atoms with van der Waals surface area (Å²) in [7, 11) is 0. The van der Waals surface area contributed by atoms with Gasteiger partial charge in [-0.05, 0) is 30.7 Å². The Kier molecular flexibility index (Phi) is 8.42. The van der Waals surface area contributed by atoms with Gasteiger partial charge in [-0.3, -0.25) is 4.79 Å².